The molecule has 1 rings (SSSR count). The van der Waals surface area contributed by atoms with E-state index in [-0.39, 0.29) is 5.75 Å². The summed E-state index contributed by atoms with van der Waals surface area (Å²) in [5, 5.41) is 8.96. The Morgan fingerprint density at radius 2 is 2.25 bits per heavy atom. The van der Waals surface area contributed by atoms with Gasteiger partial charge in [-0.3, -0.25) is 0 Å². The van der Waals surface area contributed by atoms with Crippen molar-refractivity contribution < 1.29 is 9.50 Å². The van der Waals surface area contributed by atoms with E-state index < -0.39 is 5.82 Å². The largest absolute Gasteiger partial charge is 0.505 e. The van der Waals surface area contributed by atoms with E-state index in [0.717, 1.165) is 0 Å². The molecule has 0 fully saturated rings. The first-order valence-corrected chi connectivity index (χ1v) is 3.60. The predicted octanol–water partition coefficient (Wildman–Crippen LogP) is 1.50. The van der Waals surface area contributed by atoms with Crippen LogP contribution in [0, 0.1) is 5.82 Å². The first kappa shape index (κ1) is 8.74. The number of nitrogens with two attached hydrogens (primary N) is 1. The van der Waals surface area contributed by atoms with Crippen LogP contribution in [0.4, 0.5) is 4.39 Å². The van der Waals surface area contributed by atoms with Crippen LogP contribution in [0.2, 0.25) is 0 Å². The fourth-order valence-electron chi connectivity index (χ4n) is 0.861. The summed E-state index contributed by atoms with van der Waals surface area (Å²) < 4.78 is 13.0. The molecule has 1 aromatic carbocycles. The van der Waals surface area contributed by atoms with Crippen LogP contribution in [0.1, 0.15) is 5.56 Å². The van der Waals surface area contributed by atoms with Crippen molar-refractivity contribution in [1.29, 1.82) is 0 Å². The number of phenols is 1. The van der Waals surface area contributed by atoms with E-state index in [1.165, 1.54) is 12.1 Å². The molecule has 0 aliphatic heterocycles. The van der Waals surface area contributed by atoms with Gasteiger partial charge in [0.05, 0.1) is 0 Å². The highest BCUT2D eigenvalue weighted by molar-refractivity contribution is 5.52. The molecule has 0 amide bonds. The van der Waals surface area contributed by atoms with Crippen molar-refractivity contribution in [2.45, 2.75) is 0 Å². The third-order valence-corrected chi connectivity index (χ3v) is 1.44. The zero-order chi connectivity index (χ0) is 8.97. The number of rotatable bonds is 2. The highest BCUT2D eigenvalue weighted by Gasteiger charge is 2.02. The van der Waals surface area contributed by atoms with Gasteiger partial charge in [-0.2, -0.15) is 0 Å². The summed E-state index contributed by atoms with van der Waals surface area (Å²) in [5.74, 6) is -0.948. The van der Waals surface area contributed by atoms with Crippen LogP contribution in [0.5, 0.6) is 5.75 Å². The molecule has 1 aromatic rings. The van der Waals surface area contributed by atoms with Crippen LogP contribution in [0.3, 0.4) is 0 Å². The average Bonchev–Trinajstić information content (AvgIpc) is 2.08. The fourth-order valence-corrected chi connectivity index (χ4v) is 0.861. The van der Waals surface area contributed by atoms with E-state index in [4.69, 9.17) is 10.8 Å². The second kappa shape index (κ2) is 3.88. The van der Waals surface area contributed by atoms with Crippen LogP contribution >= 0.6 is 0 Å². The summed E-state index contributed by atoms with van der Waals surface area (Å²) in [6.07, 6.45) is 3.16. The van der Waals surface area contributed by atoms with Gasteiger partial charge in [0, 0.05) is 12.1 Å². The molecule has 0 spiro atoms. The Labute approximate surface area is 70.1 Å². The van der Waals surface area contributed by atoms with E-state index >= 15 is 0 Å². The van der Waals surface area contributed by atoms with Gasteiger partial charge < -0.3 is 10.8 Å². The first-order valence-electron chi connectivity index (χ1n) is 3.60. The minimum Gasteiger partial charge on any atom is -0.505 e. The van der Waals surface area contributed by atoms with Gasteiger partial charge in [0.1, 0.15) is 0 Å². The van der Waals surface area contributed by atoms with E-state index in [9.17, 15) is 4.39 Å². The number of hydrogen-bond acceptors (Lipinski definition) is 2. The Morgan fingerprint density at radius 3 is 2.92 bits per heavy atom. The molecule has 3 N–H and O–H groups in total. The van der Waals surface area contributed by atoms with Gasteiger partial charge in [-0.15, -0.1) is 0 Å². The van der Waals surface area contributed by atoms with Gasteiger partial charge in [0.2, 0.25) is 0 Å². The molecule has 0 aliphatic carbocycles. The summed E-state index contributed by atoms with van der Waals surface area (Å²) in [7, 11) is 0. The van der Waals surface area contributed by atoms with Crippen LogP contribution in [-0.4, -0.2) is 11.7 Å². The predicted molar refractivity (Wildman–Crippen MR) is 46.2 cm³/mol. The SMILES string of the molecule is NCC=Cc1cccc(O)c1F. The van der Waals surface area contributed by atoms with E-state index in [1.807, 2.05) is 0 Å². The van der Waals surface area contributed by atoms with Gasteiger partial charge in [-0.05, 0) is 6.07 Å². The second-order valence-electron chi connectivity index (χ2n) is 2.32. The van der Waals surface area contributed by atoms with Crippen LogP contribution in [0.25, 0.3) is 6.08 Å². The third kappa shape index (κ3) is 1.83. The molecule has 3 heteroatoms. The van der Waals surface area contributed by atoms with Crippen molar-refractivity contribution >= 4 is 6.08 Å². The van der Waals surface area contributed by atoms with E-state index in [1.54, 1.807) is 18.2 Å². The summed E-state index contributed by atoms with van der Waals surface area (Å²) in [5.41, 5.74) is 5.54. The van der Waals surface area contributed by atoms with Crippen molar-refractivity contribution in [3.63, 3.8) is 0 Å². The number of hydrogen-bond donors (Lipinski definition) is 2. The van der Waals surface area contributed by atoms with Crippen molar-refractivity contribution in [2.75, 3.05) is 6.54 Å². The minimum absolute atomic E-state index is 0.339. The molecule has 0 heterocycles. The lowest BCUT2D eigenvalue weighted by Gasteiger charge is -1.97. The normalized spacial score (nSPS) is 10.8. The zero-order valence-electron chi connectivity index (χ0n) is 6.50. The molecule has 0 saturated carbocycles. The minimum atomic E-state index is -0.609. The van der Waals surface area contributed by atoms with Crippen molar-refractivity contribution in [1.82, 2.24) is 0 Å². The molecule has 0 atom stereocenters. The van der Waals surface area contributed by atoms with Crippen molar-refractivity contribution in [3.8, 4) is 5.75 Å². The van der Waals surface area contributed by atoms with Gasteiger partial charge in [-0.25, -0.2) is 4.39 Å². The maximum Gasteiger partial charge on any atom is 0.171 e. The lowest BCUT2D eigenvalue weighted by Crippen LogP contribution is -1.92. The van der Waals surface area contributed by atoms with Gasteiger partial charge in [0.15, 0.2) is 11.6 Å². The average molecular weight is 167 g/mol. The van der Waals surface area contributed by atoms with Crippen LogP contribution in [0.15, 0.2) is 24.3 Å². The summed E-state index contributed by atoms with van der Waals surface area (Å²) in [4.78, 5) is 0. The van der Waals surface area contributed by atoms with Crippen molar-refractivity contribution in [2.24, 2.45) is 5.73 Å². The highest BCUT2D eigenvalue weighted by Crippen LogP contribution is 2.19. The molecular formula is C9H10FNO. The van der Waals surface area contributed by atoms with Crippen LogP contribution in [-0.2, 0) is 0 Å². The smallest absolute Gasteiger partial charge is 0.171 e. The molecule has 0 aliphatic rings. The van der Waals surface area contributed by atoms with Crippen molar-refractivity contribution in [3.05, 3.63) is 35.7 Å². The Kier molecular flexibility index (Phi) is 2.82. The Hall–Kier alpha value is -1.35. The highest BCUT2D eigenvalue weighted by atomic mass is 19.1. The maximum atomic E-state index is 13.0. The Balaban J connectivity index is 3.00. The molecule has 0 bridgehead atoms. The Bertz CT molecular complexity index is 297. The van der Waals surface area contributed by atoms with E-state index in [2.05, 4.69) is 0 Å². The maximum absolute atomic E-state index is 13.0. The van der Waals surface area contributed by atoms with Gasteiger partial charge in [0.25, 0.3) is 0 Å². The van der Waals surface area contributed by atoms with Gasteiger partial charge >= 0.3 is 0 Å². The third-order valence-electron chi connectivity index (χ3n) is 1.44. The Morgan fingerprint density at radius 1 is 1.50 bits per heavy atom. The molecule has 0 unspecified atom stereocenters. The van der Waals surface area contributed by atoms with E-state index in [0.29, 0.717) is 12.1 Å². The standard InChI is InChI=1S/C9H10FNO/c10-9-7(4-2-6-11)3-1-5-8(9)12/h1-5,12H,6,11H2. The van der Waals surface area contributed by atoms with Gasteiger partial charge in [-0.1, -0.05) is 24.3 Å². The van der Waals surface area contributed by atoms with Crippen LogP contribution < -0.4 is 5.73 Å². The molecule has 12 heavy (non-hydrogen) atoms. The number of halogens is 1. The lowest BCUT2D eigenvalue weighted by atomic mass is 10.2. The first-order chi connectivity index (χ1) is 5.75. The lowest BCUT2D eigenvalue weighted by molar-refractivity contribution is 0.432. The number of phenolic OH excluding ortho intramolecular Hbond substituents is 1. The monoisotopic (exact) mass is 167 g/mol. The quantitative estimate of drug-likeness (QED) is 0.701. The summed E-state index contributed by atoms with van der Waals surface area (Å²) in [6.45, 7) is 0.356. The second-order valence-corrected chi connectivity index (χ2v) is 2.32. The molecular weight excluding hydrogens is 157 g/mol. The molecule has 2 nitrogen and oxygen atoms in total. The zero-order valence-corrected chi connectivity index (χ0v) is 6.50. The summed E-state index contributed by atoms with van der Waals surface area (Å²) >= 11 is 0. The fraction of sp³-hybridized carbons (Fsp3) is 0.111. The molecule has 0 saturated heterocycles. The number of benzene rings is 1. The number of aromatic hydroxyl groups is 1. The summed E-state index contributed by atoms with van der Waals surface area (Å²) in [6, 6.07) is 4.45. The molecule has 64 valence electrons. The molecule has 0 aromatic heterocycles. The topological polar surface area (TPSA) is 46.2 Å². The molecule has 0 radical (unpaired) electrons.